The summed E-state index contributed by atoms with van der Waals surface area (Å²) in [6.45, 7) is 1.96. The maximum atomic E-state index is 5.77. The third kappa shape index (κ3) is 2.55. The summed E-state index contributed by atoms with van der Waals surface area (Å²) in [7, 11) is 0. The normalized spacial score (nSPS) is 12.1. The Morgan fingerprint density at radius 1 is 1.19 bits per heavy atom. The Kier molecular flexibility index (Phi) is 3.12. The summed E-state index contributed by atoms with van der Waals surface area (Å²) in [5.41, 5.74) is 7.87. The van der Waals surface area contributed by atoms with Crippen molar-refractivity contribution < 1.29 is 0 Å². The average Bonchev–Trinajstić information content (AvgIpc) is 2.31. The molecule has 0 aliphatic rings. The molecule has 0 bridgehead atoms. The minimum absolute atomic E-state index is 0.0607. The van der Waals surface area contributed by atoms with Gasteiger partial charge in [0.2, 0.25) is 0 Å². The van der Waals surface area contributed by atoms with Crippen molar-refractivity contribution >= 4 is 11.5 Å². The van der Waals surface area contributed by atoms with Crippen LogP contribution in [0.1, 0.15) is 18.5 Å². The van der Waals surface area contributed by atoms with E-state index in [1.807, 2.05) is 31.2 Å². The molecule has 0 aliphatic carbocycles. The second kappa shape index (κ2) is 4.72. The molecule has 0 unspecified atom stereocenters. The minimum atomic E-state index is 0.0607. The molecule has 0 radical (unpaired) electrons. The number of hydrogen-bond acceptors (Lipinski definition) is 4. The summed E-state index contributed by atoms with van der Waals surface area (Å²) in [6, 6.07) is 8.03. The van der Waals surface area contributed by atoms with Crippen LogP contribution in [0.15, 0.2) is 42.9 Å². The highest BCUT2D eigenvalue weighted by atomic mass is 15.0. The largest absolute Gasteiger partial charge is 0.339 e. The molecule has 82 valence electrons. The minimum Gasteiger partial charge on any atom is -0.339 e. The summed E-state index contributed by atoms with van der Waals surface area (Å²) in [5.74, 6) is 0.732. The first-order valence-electron chi connectivity index (χ1n) is 5.14. The Bertz CT molecular complexity index is 436. The van der Waals surface area contributed by atoms with E-state index in [9.17, 15) is 0 Å². The van der Waals surface area contributed by atoms with Crippen molar-refractivity contribution in [3.63, 3.8) is 0 Å². The zero-order chi connectivity index (χ0) is 11.4. The van der Waals surface area contributed by atoms with Crippen LogP contribution in [0.2, 0.25) is 0 Å². The van der Waals surface area contributed by atoms with Crippen LogP contribution in [0.4, 0.5) is 11.5 Å². The number of nitrogens with one attached hydrogen (secondary N) is 1. The molecule has 2 rings (SSSR count). The Hall–Kier alpha value is -1.94. The Morgan fingerprint density at radius 3 is 2.50 bits per heavy atom. The molecule has 16 heavy (non-hydrogen) atoms. The number of rotatable bonds is 3. The van der Waals surface area contributed by atoms with Crippen molar-refractivity contribution in [2.75, 3.05) is 5.32 Å². The molecule has 2 aromatic rings. The molecule has 4 heteroatoms. The SMILES string of the molecule is C[C@H](N)c1ccc(Nc2cnccn2)cc1. The molecule has 4 nitrogen and oxygen atoms in total. The average molecular weight is 214 g/mol. The Morgan fingerprint density at radius 2 is 1.94 bits per heavy atom. The van der Waals surface area contributed by atoms with Crippen LogP contribution in [0.5, 0.6) is 0 Å². The van der Waals surface area contributed by atoms with Crippen molar-refractivity contribution in [3.8, 4) is 0 Å². The number of aromatic nitrogens is 2. The first-order chi connectivity index (χ1) is 7.75. The van der Waals surface area contributed by atoms with Crippen molar-refractivity contribution in [1.82, 2.24) is 9.97 Å². The lowest BCUT2D eigenvalue weighted by Crippen LogP contribution is -2.04. The van der Waals surface area contributed by atoms with Gasteiger partial charge >= 0.3 is 0 Å². The second-order valence-electron chi connectivity index (χ2n) is 3.63. The van der Waals surface area contributed by atoms with Gasteiger partial charge < -0.3 is 11.1 Å². The maximum Gasteiger partial charge on any atom is 0.148 e. The van der Waals surface area contributed by atoms with Gasteiger partial charge in [0.1, 0.15) is 5.82 Å². The first kappa shape index (κ1) is 10.6. The maximum absolute atomic E-state index is 5.77. The van der Waals surface area contributed by atoms with Crippen LogP contribution in [0, 0.1) is 0 Å². The number of anilines is 2. The van der Waals surface area contributed by atoms with Gasteiger partial charge in [-0.2, -0.15) is 0 Å². The first-order valence-corrected chi connectivity index (χ1v) is 5.14. The molecule has 1 aromatic carbocycles. The van der Waals surface area contributed by atoms with Gasteiger partial charge in [-0.25, -0.2) is 4.98 Å². The molecule has 0 amide bonds. The molecular formula is C12H14N4. The smallest absolute Gasteiger partial charge is 0.148 e. The van der Waals surface area contributed by atoms with Crippen LogP contribution in [-0.2, 0) is 0 Å². The van der Waals surface area contributed by atoms with E-state index in [0.29, 0.717) is 0 Å². The molecular weight excluding hydrogens is 200 g/mol. The van der Waals surface area contributed by atoms with Crippen LogP contribution in [-0.4, -0.2) is 9.97 Å². The molecule has 0 fully saturated rings. The van der Waals surface area contributed by atoms with Crippen molar-refractivity contribution in [3.05, 3.63) is 48.4 Å². The van der Waals surface area contributed by atoms with Crippen LogP contribution < -0.4 is 11.1 Å². The molecule has 1 heterocycles. The molecule has 0 saturated heterocycles. The van der Waals surface area contributed by atoms with Crippen LogP contribution >= 0.6 is 0 Å². The number of hydrogen-bond donors (Lipinski definition) is 2. The standard InChI is InChI=1S/C12H14N4/c1-9(13)10-2-4-11(5-3-10)16-12-8-14-6-7-15-12/h2-9H,13H2,1H3,(H,15,16)/t9-/m0/s1. The summed E-state index contributed by atoms with van der Waals surface area (Å²) in [6.07, 6.45) is 4.97. The predicted molar refractivity (Wildman–Crippen MR) is 64.4 cm³/mol. The fraction of sp³-hybridized carbons (Fsp3) is 0.167. The second-order valence-corrected chi connectivity index (χ2v) is 3.63. The third-order valence-corrected chi connectivity index (χ3v) is 2.27. The van der Waals surface area contributed by atoms with E-state index >= 15 is 0 Å². The van der Waals surface area contributed by atoms with Gasteiger partial charge in [-0.15, -0.1) is 0 Å². The van der Waals surface area contributed by atoms with E-state index in [-0.39, 0.29) is 6.04 Å². The van der Waals surface area contributed by atoms with E-state index in [2.05, 4.69) is 15.3 Å². The van der Waals surface area contributed by atoms with Crippen LogP contribution in [0.3, 0.4) is 0 Å². The quantitative estimate of drug-likeness (QED) is 0.822. The Balaban J connectivity index is 2.11. The van der Waals surface area contributed by atoms with Gasteiger partial charge in [-0.05, 0) is 24.6 Å². The highest BCUT2D eigenvalue weighted by Crippen LogP contribution is 2.16. The van der Waals surface area contributed by atoms with Crippen molar-refractivity contribution in [1.29, 1.82) is 0 Å². The lowest BCUT2D eigenvalue weighted by molar-refractivity contribution is 0.818. The van der Waals surface area contributed by atoms with E-state index < -0.39 is 0 Å². The highest BCUT2D eigenvalue weighted by Gasteiger charge is 1.99. The number of benzene rings is 1. The molecule has 1 aromatic heterocycles. The third-order valence-electron chi connectivity index (χ3n) is 2.27. The van der Waals surface area contributed by atoms with Gasteiger partial charge in [-0.1, -0.05) is 12.1 Å². The van der Waals surface area contributed by atoms with Gasteiger partial charge in [0.15, 0.2) is 0 Å². The lowest BCUT2D eigenvalue weighted by Gasteiger charge is -2.08. The molecule has 0 spiro atoms. The topological polar surface area (TPSA) is 63.8 Å². The monoisotopic (exact) mass is 214 g/mol. The number of nitrogens with two attached hydrogens (primary N) is 1. The molecule has 1 atom stereocenters. The van der Waals surface area contributed by atoms with Gasteiger partial charge in [0.05, 0.1) is 6.20 Å². The van der Waals surface area contributed by atoms with E-state index in [1.54, 1.807) is 18.6 Å². The fourth-order valence-electron chi connectivity index (χ4n) is 1.38. The molecule has 3 N–H and O–H groups in total. The predicted octanol–water partition coefficient (Wildman–Crippen LogP) is 2.24. The summed E-state index contributed by atoms with van der Waals surface area (Å²) in [4.78, 5) is 8.11. The summed E-state index contributed by atoms with van der Waals surface area (Å²) < 4.78 is 0. The number of nitrogens with zero attached hydrogens (tertiary/aromatic N) is 2. The summed E-state index contributed by atoms with van der Waals surface area (Å²) in [5, 5.41) is 3.16. The highest BCUT2D eigenvalue weighted by molar-refractivity contribution is 5.55. The zero-order valence-corrected chi connectivity index (χ0v) is 9.09. The van der Waals surface area contributed by atoms with Gasteiger partial charge in [0, 0.05) is 24.1 Å². The fourth-order valence-corrected chi connectivity index (χ4v) is 1.38. The van der Waals surface area contributed by atoms with Crippen molar-refractivity contribution in [2.45, 2.75) is 13.0 Å². The lowest BCUT2D eigenvalue weighted by atomic mass is 10.1. The van der Waals surface area contributed by atoms with E-state index in [4.69, 9.17) is 5.73 Å². The molecule has 0 aliphatic heterocycles. The zero-order valence-electron chi connectivity index (χ0n) is 9.09. The Labute approximate surface area is 94.5 Å². The van der Waals surface area contributed by atoms with Crippen molar-refractivity contribution in [2.24, 2.45) is 5.73 Å². The van der Waals surface area contributed by atoms with Gasteiger partial charge in [-0.3, -0.25) is 4.98 Å². The van der Waals surface area contributed by atoms with E-state index in [0.717, 1.165) is 17.1 Å². The molecule has 0 saturated carbocycles. The summed E-state index contributed by atoms with van der Waals surface area (Å²) >= 11 is 0. The van der Waals surface area contributed by atoms with Crippen LogP contribution in [0.25, 0.3) is 0 Å². The van der Waals surface area contributed by atoms with E-state index in [1.165, 1.54) is 0 Å². The van der Waals surface area contributed by atoms with Gasteiger partial charge in [0.25, 0.3) is 0 Å².